The molecule has 0 bridgehead atoms. The summed E-state index contributed by atoms with van der Waals surface area (Å²) in [6, 6.07) is 15.0. The minimum atomic E-state index is -0.287. The van der Waals surface area contributed by atoms with E-state index in [9.17, 15) is 9.18 Å². The lowest BCUT2D eigenvalue weighted by atomic mass is 10.1. The molecule has 2 heterocycles. The van der Waals surface area contributed by atoms with Gasteiger partial charge in [-0.3, -0.25) is 0 Å². The van der Waals surface area contributed by atoms with Crippen LogP contribution in [0.25, 0.3) is 11.3 Å². The molecule has 1 aromatic heterocycles. The summed E-state index contributed by atoms with van der Waals surface area (Å²) in [7, 11) is 3.13. The molecule has 1 saturated heterocycles. The molecule has 0 saturated carbocycles. The number of benzene rings is 2. The number of carbonyl (C=O) groups is 1. The summed E-state index contributed by atoms with van der Waals surface area (Å²) in [5, 5.41) is 11.5. The van der Waals surface area contributed by atoms with E-state index in [4.69, 9.17) is 9.47 Å². The van der Waals surface area contributed by atoms with Gasteiger partial charge in [0.25, 0.3) is 0 Å². The molecule has 0 aliphatic carbocycles. The molecule has 0 unspecified atom stereocenters. The van der Waals surface area contributed by atoms with Crippen molar-refractivity contribution in [1.29, 1.82) is 0 Å². The van der Waals surface area contributed by atoms with E-state index in [0.717, 1.165) is 11.4 Å². The number of carbonyl (C=O) groups excluding carboxylic acids is 1. The quantitative estimate of drug-likeness (QED) is 0.656. The highest BCUT2D eigenvalue weighted by molar-refractivity contribution is 5.91. The summed E-state index contributed by atoms with van der Waals surface area (Å²) < 4.78 is 23.7. The van der Waals surface area contributed by atoms with Gasteiger partial charge in [-0.25, -0.2) is 9.18 Å². The maximum atomic E-state index is 13.1. The molecule has 1 N–H and O–H groups in total. The van der Waals surface area contributed by atoms with Crippen molar-refractivity contribution in [1.82, 2.24) is 15.1 Å². The predicted molar refractivity (Wildman–Crippen MR) is 120 cm³/mol. The van der Waals surface area contributed by atoms with Gasteiger partial charge in [0.2, 0.25) is 0 Å². The molecule has 4 rings (SSSR count). The van der Waals surface area contributed by atoms with Crippen LogP contribution in [0.5, 0.6) is 11.5 Å². The topological polar surface area (TPSA) is 79.8 Å². The zero-order valence-corrected chi connectivity index (χ0v) is 17.9. The van der Waals surface area contributed by atoms with E-state index in [0.29, 0.717) is 49.1 Å². The van der Waals surface area contributed by atoms with Crippen LogP contribution in [-0.4, -0.2) is 61.5 Å². The Hall–Kier alpha value is -3.88. The number of methoxy groups -OCH3 is 2. The average molecular weight is 437 g/mol. The van der Waals surface area contributed by atoms with Gasteiger partial charge in [0, 0.05) is 37.8 Å². The Morgan fingerprint density at radius 3 is 2.31 bits per heavy atom. The molecule has 32 heavy (non-hydrogen) atoms. The fraction of sp³-hybridized carbons (Fsp3) is 0.261. The highest BCUT2D eigenvalue weighted by atomic mass is 19.1. The summed E-state index contributed by atoms with van der Waals surface area (Å²) in [4.78, 5) is 16.6. The van der Waals surface area contributed by atoms with E-state index >= 15 is 0 Å². The molecule has 0 atom stereocenters. The molecule has 9 heteroatoms. The number of nitrogens with one attached hydrogen (secondary N) is 1. The monoisotopic (exact) mass is 437 g/mol. The first-order valence-corrected chi connectivity index (χ1v) is 10.2. The molecule has 0 radical (unpaired) electrons. The van der Waals surface area contributed by atoms with Crippen molar-refractivity contribution in [3.8, 4) is 22.8 Å². The number of piperazine rings is 1. The van der Waals surface area contributed by atoms with Gasteiger partial charge in [0.1, 0.15) is 17.3 Å². The van der Waals surface area contributed by atoms with Gasteiger partial charge in [-0.05, 0) is 48.5 Å². The third-order valence-electron chi connectivity index (χ3n) is 5.33. The molecule has 2 amide bonds. The number of hydrogen-bond acceptors (Lipinski definition) is 6. The van der Waals surface area contributed by atoms with Gasteiger partial charge < -0.3 is 24.6 Å². The van der Waals surface area contributed by atoms with Crippen LogP contribution < -0.4 is 19.7 Å². The van der Waals surface area contributed by atoms with E-state index in [1.807, 2.05) is 12.1 Å². The fourth-order valence-corrected chi connectivity index (χ4v) is 3.51. The molecular weight excluding hydrogens is 413 g/mol. The molecule has 166 valence electrons. The van der Waals surface area contributed by atoms with E-state index in [-0.39, 0.29) is 11.8 Å². The van der Waals surface area contributed by atoms with Gasteiger partial charge in [0.05, 0.1) is 25.6 Å². The molecule has 1 aliphatic rings. The minimum Gasteiger partial charge on any atom is -0.497 e. The van der Waals surface area contributed by atoms with Crippen LogP contribution in [0.15, 0.2) is 54.6 Å². The molecule has 3 aromatic rings. The number of amides is 2. The molecule has 8 nitrogen and oxygen atoms in total. The molecular formula is C23H24FN5O3. The zero-order valence-electron chi connectivity index (χ0n) is 17.9. The number of ether oxygens (including phenoxy) is 2. The third kappa shape index (κ3) is 4.72. The standard InChI is InChI=1S/C23H24FN5O3/c1-31-18-7-9-21(32-2)20(15-18)25-23(30)29-13-11-28(12-14-29)22-10-8-19(26-27-22)16-3-5-17(24)6-4-16/h3-10,15H,11-14H2,1-2H3,(H,25,30). The number of halogens is 1. The summed E-state index contributed by atoms with van der Waals surface area (Å²) >= 11 is 0. The van der Waals surface area contributed by atoms with Crippen molar-refractivity contribution in [2.24, 2.45) is 0 Å². The van der Waals surface area contributed by atoms with E-state index in [1.54, 1.807) is 49.5 Å². The van der Waals surface area contributed by atoms with Gasteiger partial charge in [0.15, 0.2) is 5.82 Å². The largest absolute Gasteiger partial charge is 0.497 e. The Balaban J connectivity index is 1.36. The number of urea groups is 1. The van der Waals surface area contributed by atoms with Gasteiger partial charge in [-0.1, -0.05) is 0 Å². The Morgan fingerprint density at radius 1 is 0.938 bits per heavy atom. The maximum Gasteiger partial charge on any atom is 0.322 e. The highest BCUT2D eigenvalue weighted by Gasteiger charge is 2.23. The summed E-state index contributed by atoms with van der Waals surface area (Å²) in [6.45, 7) is 2.35. The molecule has 1 fully saturated rings. The maximum absolute atomic E-state index is 13.1. The van der Waals surface area contributed by atoms with Crippen LogP contribution in [0, 0.1) is 5.82 Å². The zero-order chi connectivity index (χ0) is 22.5. The predicted octanol–water partition coefficient (Wildman–Crippen LogP) is 3.65. The lowest BCUT2D eigenvalue weighted by Crippen LogP contribution is -2.50. The fourth-order valence-electron chi connectivity index (χ4n) is 3.51. The summed E-state index contributed by atoms with van der Waals surface area (Å²) in [5.41, 5.74) is 2.04. The van der Waals surface area contributed by atoms with Gasteiger partial charge in [-0.2, -0.15) is 0 Å². The average Bonchev–Trinajstić information content (AvgIpc) is 2.84. The number of hydrogen-bond donors (Lipinski definition) is 1. The van der Waals surface area contributed by atoms with Gasteiger partial charge >= 0.3 is 6.03 Å². The second kappa shape index (κ2) is 9.51. The van der Waals surface area contributed by atoms with Crippen molar-refractivity contribution >= 4 is 17.5 Å². The van der Waals surface area contributed by atoms with Crippen molar-refractivity contribution in [3.05, 3.63) is 60.4 Å². The van der Waals surface area contributed by atoms with Crippen LogP contribution in [0.3, 0.4) is 0 Å². The lowest BCUT2D eigenvalue weighted by Gasteiger charge is -2.35. The van der Waals surface area contributed by atoms with Crippen molar-refractivity contribution in [3.63, 3.8) is 0 Å². The van der Waals surface area contributed by atoms with E-state index in [2.05, 4.69) is 20.4 Å². The van der Waals surface area contributed by atoms with Crippen LogP contribution in [0.1, 0.15) is 0 Å². The second-order valence-corrected chi connectivity index (χ2v) is 7.25. The SMILES string of the molecule is COc1ccc(OC)c(NC(=O)N2CCN(c3ccc(-c4ccc(F)cc4)nn3)CC2)c1. The Labute approximate surface area is 185 Å². The van der Waals surface area contributed by atoms with Crippen molar-refractivity contribution < 1.29 is 18.7 Å². The Morgan fingerprint density at radius 2 is 1.69 bits per heavy atom. The van der Waals surface area contributed by atoms with E-state index in [1.165, 1.54) is 12.1 Å². The van der Waals surface area contributed by atoms with Crippen LogP contribution >= 0.6 is 0 Å². The molecule has 1 aliphatic heterocycles. The number of nitrogens with zero attached hydrogens (tertiary/aromatic N) is 4. The number of anilines is 2. The third-order valence-corrected chi connectivity index (χ3v) is 5.33. The van der Waals surface area contributed by atoms with Crippen molar-refractivity contribution in [2.45, 2.75) is 0 Å². The smallest absolute Gasteiger partial charge is 0.322 e. The second-order valence-electron chi connectivity index (χ2n) is 7.25. The first-order valence-electron chi connectivity index (χ1n) is 10.2. The Bertz CT molecular complexity index is 1070. The molecule has 0 spiro atoms. The van der Waals surface area contributed by atoms with E-state index < -0.39 is 0 Å². The lowest BCUT2D eigenvalue weighted by molar-refractivity contribution is 0.208. The first-order chi connectivity index (χ1) is 15.6. The minimum absolute atomic E-state index is 0.200. The summed E-state index contributed by atoms with van der Waals surface area (Å²) in [5.74, 6) is 1.65. The first kappa shape index (κ1) is 21.4. The van der Waals surface area contributed by atoms with Gasteiger partial charge in [-0.15, -0.1) is 10.2 Å². The normalized spacial score (nSPS) is 13.6. The number of rotatable bonds is 5. The van der Waals surface area contributed by atoms with Crippen LogP contribution in [0.4, 0.5) is 20.7 Å². The van der Waals surface area contributed by atoms with Crippen LogP contribution in [-0.2, 0) is 0 Å². The highest BCUT2D eigenvalue weighted by Crippen LogP contribution is 2.29. The molecule has 2 aromatic carbocycles. The number of aromatic nitrogens is 2. The summed E-state index contributed by atoms with van der Waals surface area (Å²) in [6.07, 6.45) is 0. The Kier molecular flexibility index (Phi) is 6.34. The van der Waals surface area contributed by atoms with Crippen LogP contribution in [0.2, 0.25) is 0 Å². The van der Waals surface area contributed by atoms with Crippen molar-refractivity contribution in [2.75, 3.05) is 50.6 Å².